The quantitative estimate of drug-likeness (QED) is 0.246. The maximum Gasteiger partial charge on any atom is 0.407 e. The molecular formula is C23H39IN4O3. The summed E-state index contributed by atoms with van der Waals surface area (Å²) in [6.45, 7) is 10.7. The van der Waals surface area contributed by atoms with E-state index in [9.17, 15) is 9.90 Å². The second kappa shape index (κ2) is 13.1. The van der Waals surface area contributed by atoms with E-state index in [1.807, 2.05) is 58.9 Å². The SMILES string of the molecule is CCNC(=NCC(O)c1ccc(C)cc1)NC1CCC(NC(=O)OC(C)(C)C)CC1.I. The number of aliphatic imine (C=N–C) groups is 1. The highest BCUT2D eigenvalue weighted by atomic mass is 127. The molecule has 0 radical (unpaired) electrons. The van der Waals surface area contributed by atoms with Crippen molar-refractivity contribution in [2.24, 2.45) is 4.99 Å². The lowest BCUT2D eigenvalue weighted by atomic mass is 9.91. The smallest absolute Gasteiger partial charge is 0.407 e. The zero-order valence-electron chi connectivity index (χ0n) is 19.4. The van der Waals surface area contributed by atoms with Gasteiger partial charge in [-0.2, -0.15) is 0 Å². The van der Waals surface area contributed by atoms with Gasteiger partial charge < -0.3 is 25.8 Å². The number of aliphatic hydroxyl groups is 1. The summed E-state index contributed by atoms with van der Waals surface area (Å²) in [6, 6.07) is 8.30. The van der Waals surface area contributed by atoms with Gasteiger partial charge in [0.15, 0.2) is 5.96 Å². The van der Waals surface area contributed by atoms with Gasteiger partial charge in [-0.1, -0.05) is 29.8 Å². The van der Waals surface area contributed by atoms with E-state index in [1.54, 1.807) is 0 Å². The fourth-order valence-corrected chi connectivity index (χ4v) is 3.44. The molecule has 0 bridgehead atoms. The number of hydrogen-bond donors (Lipinski definition) is 4. The summed E-state index contributed by atoms with van der Waals surface area (Å²) in [5, 5.41) is 20.1. The number of benzene rings is 1. The fraction of sp³-hybridized carbons (Fsp3) is 0.652. The summed E-state index contributed by atoms with van der Waals surface area (Å²) in [5.74, 6) is 0.715. The largest absolute Gasteiger partial charge is 0.444 e. The first-order valence-corrected chi connectivity index (χ1v) is 10.9. The lowest BCUT2D eigenvalue weighted by Crippen LogP contribution is -2.48. The molecule has 1 aromatic carbocycles. The molecule has 1 unspecified atom stereocenters. The van der Waals surface area contributed by atoms with Crippen molar-refractivity contribution in [3.8, 4) is 0 Å². The highest BCUT2D eigenvalue weighted by Crippen LogP contribution is 2.20. The number of alkyl carbamates (subject to hydrolysis) is 1. The van der Waals surface area contributed by atoms with Gasteiger partial charge in [0.25, 0.3) is 0 Å². The van der Waals surface area contributed by atoms with Crippen molar-refractivity contribution in [3.05, 3.63) is 35.4 Å². The van der Waals surface area contributed by atoms with Crippen molar-refractivity contribution in [1.82, 2.24) is 16.0 Å². The van der Waals surface area contributed by atoms with Gasteiger partial charge in [0.2, 0.25) is 0 Å². The second-order valence-corrected chi connectivity index (χ2v) is 8.99. The van der Waals surface area contributed by atoms with Crippen LogP contribution in [0.1, 0.15) is 70.6 Å². The number of nitrogens with zero attached hydrogens (tertiary/aromatic N) is 1. The standard InChI is InChI=1S/C23H38N4O3.HI/c1-6-24-21(25-15-20(28)17-9-7-16(2)8-10-17)26-18-11-13-19(14-12-18)27-22(29)30-23(3,4)5;/h7-10,18-20,28H,6,11-15H2,1-5H3,(H,27,29)(H2,24,25,26);1H. The van der Waals surface area contributed by atoms with Crippen molar-refractivity contribution < 1.29 is 14.6 Å². The van der Waals surface area contributed by atoms with E-state index < -0.39 is 11.7 Å². The van der Waals surface area contributed by atoms with Gasteiger partial charge in [0.1, 0.15) is 5.60 Å². The molecule has 1 aliphatic carbocycles. The Labute approximate surface area is 203 Å². The summed E-state index contributed by atoms with van der Waals surface area (Å²) in [5.41, 5.74) is 1.55. The molecule has 0 spiro atoms. The first-order valence-electron chi connectivity index (χ1n) is 10.9. The molecule has 1 aromatic rings. The average molecular weight is 546 g/mol. The molecule has 176 valence electrons. The zero-order chi connectivity index (χ0) is 22.1. The molecule has 8 heteroatoms. The van der Waals surface area contributed by atoms with E-state index in [2.05, 4.69) is 20.9 Å². The van der Waals surface area contributed by atoms with Crippen LogP contribution in [-0.4, -0.2) is 47.9 Å². The molecule has 0 saturated heterocycles. The number of guanidine groups is 1. The Morgan fingerprint density at radius 2 is 1.68 bits per heavy atom. The van der Waals surface area contributed by atoms with Crippen LogP contribution in [0, 0.1) is 6.92 Å². The van der Waals surface area contributed by atoms with Crippen LogP contribution in [-0.2, 0) is 4.74 Å². The van der Waals surface area contributed by atoms with E-state index in [1.165, 1.54) is 5.56 Å². The number of nitrogens with one attached hydrogen (secondary N) is 3. The van der Waals surface area contributed by atoms with Crippen LogP contribution in [0.5, 0.6) is 0 Å². The normalized spacial score (nSPS) is 20.3. The molecule has 7 nitrogen and oxygen atoms in total. The van der Waals surface area contributed by atoms with Crippen molar-refractivity contribution >= 4 is 36.0 Å². The zero-order valence-corrected chi connectivity index (χ0v) is 21.7. The van der Waals surface area contributed by atoms with E-state index >= 15 is 0 Å². The molecule has 2 rings (SSSR count). The van der Waals surface area contributed by atoms with Gasteiger partial charge in [0, 0.05) is 18.6 Å². The highest BCUT2D eigenvalue weighted by molar-refractivity contribution is 14.0. The Morgan fingerprint density at radius 1 is 1.13 bits per heavy atom. The molecule has 1 saturated carbocycles. The van der Waals surface area contributed by atoms with Crippen LogP contribution in [0.4, 0.5) is 4.79 Å². The topological polar surface area (TPSA) is 95.0 Å². The molecule has 1 amide bonds. The van der Waals surface area contributed by atoms with Crippen LogP contribution in [0.25, 0.3) is 0 Å². The van der Waals surface area contributed by atoms with Crippen molar-refractivity contribution in [2.75, 3.05) is 13.1 Å². The van der Waals surface area contributed by atoms with Crippen LogP contribution < -0.4 is 16.0 Å². The summed E-state index contributed by atoms with van der Waals surface area (Å²) >= 11 is 0. The maximum absolute atomic E-state index is 12.0. The van der Waals surface area contributed by atoms with Gasteiger partial charge in [-0.25, -0.2) is 4.79 Å². The van der Waals surface area contributed by atoms with Crippen LogP contribution in [0.3, 0.4) is 0 Å². The first kappa shape index (κ1) is 27.5. The minimum atomic E-state index is -0.630. The molecule has 4 N–H and O–H groups in total. The molecule has 31 heavy (non-hydrogen) atoms. The lowest BCUT2D eigenvalue weighted by molar-refractivity contribution is 0.0490. The Kier molecular flexibility index (Phi) is 11.6. The third kappa shape index (κ3) is 10.5. The monoisotopic (exact) mass is 546 g/mol. The van der Waals surface area contributed by atoms with Crippen LogP contribution in [0.2, 0.25) is 0 Å². The summed E-state index contributed by atoms with van der Waals surface area (Å²) < 4.78 is 5.34. The molecule has 0 aliphatic heterocycles. The van der Waals surface area contributed by atoms with Crippen LogP contribution in [0.15, 0.2) is 29.3 Å². The van der Waals surface area contributed by atoms with Gasteiger partial charge in [-0.15, -0.1) is 24.0 Å². The van der Waals surface area contributed by atoms with Crippen LogP contribution >= 0.6 is 24.0 Å². The first-order chi connectivity index (χ1) is 14.2. The van der Waals surface area contributed by atoms with Gasteiger partial charge in [0.05, 0.1) is 12.6 Å². The van der Waals surface area contributed by atoms with Crippen molar-refractivity contribution in [3.63, 3.8) is 0 Å². The number of halogens is 1. The Morgan fingerprint density at radius 3 is 2.19 bits per heavy atom. The average Bonchev–Trinajstić information content (AvgIpc) is 2.66. The van der Waals surface area contributed by atoms with Gasteiger partial charge in [-0.05, 0) is 65.9 Å². The number of ether oxygens (including phenoxy) is 1. The number of rotatable bonds is 6. The Hall–Kier alpha value is -1.55. The number of hydrogen-bond acceptors (Lipinski definition) is 4. The third-order valence-corrected chi connectivity index (χ3v) is 5.02. The van der Waals surface area contributed by atoms with Crippen molar-refractivity contribution in [2.45, 2.75) is 84.1 Å². The number of carbonyl (C=O) groups excluding carboxylic acids is 1. The van der Waals surface area contributed by atoms with E-state index in [-0.39, 0.29) is 42.2 Å². The van der Waals surface area contributed by atoms with E-state index in [0.29, 0.717) is 12.5 Å². The highest BCUT2D eigenvalue weighted by Gasteiger charge is 2.25. The molecule has 1 atom stereocenters. The fourth-order valence-electron chi connectivity index (χ4n) is 3.44. The molecule has 1 fully saturated rings. The van der Waals surface area contributed by atoms with Gasteiger partial charge >= 0.3 is 6.09 Å². The Balaban J connectivity index is 0.00000480. The number of aryl methyl sites for hydroxylation is 1. The third-order valence-electron chi connectivity index (χ3n) is 5.02. The van der Waals surface area contributed by atoms with E-state index in [0.717, 1.165) is 37.8 Å². The van der Waals surface area contributed by atoms with E-state index in [4.69, 9.17) is 4.74 Å². The minimum absolute atomic E-state index is 0. The summed E-state index contributed by atoms with van der Waals surface area (Å²) in [4.78, 5) is 16.5. The predicted octanol–water partition coefficient (Wildman–Crippen LogP) is 4.04. The molecule has 0 aromatic heterocycles. The maximum atomic E-state index is 12.0. The predicted molar refractivity (Wildman–Crippen MR) is 136 cm³/mol. The Bertz CT molecular complexity index is 696. The summed E-state index contributed by atoms with van der Waals surface area (Å²) in [6.07, 6.45) is 2.68. The molecular weight excluding hydrogens is 507 g/mol. The molecule has 1 aliphatic rings. The number of carbonyl (C=O) groups is 1. The number of amides is 1. The number of aliphatic hydroxyl groups excluding tert-OH is 1. The van der Waals surface area contributed by atoms with Gasteiger partial charge in [-0.3, -0.25) is 4.99 Å². The second-order valence-electron chi connectivity index (χ2n) is 8.99. The lowest BCUT2D eigenvalue weighted by Gasteiger charge is -2.31. The minimum Gasteiger partial charge on any atom is -0.444 e. The summed E-state index contributed by atoms with van der Waals surface area (Å²) in [7, 11) is 0. The van der Waals surface area contributed by atoms with Crippen molar-refractivity contribution in [1.29, 1.82) is 0 Å². The molecule has 0 heterocycles.